The second-order valence-electron chi connectivity index (χ2n) is 5.78. The number of aromatic hydroxyl groups is 1. The van der Waals surface area contributed by atoms with Gasteiger partial charge in [0.05, 0.1) is 12.3 Å². The number of rotatable bonds is 5. The van der Waals surface area contributed by atoms with Gasteiger partial charge in [0, 0.05) is 16.5 Å². The molecular formula is C21H20N2O3. The van der Waals surface area contributed by atoms with Crippen LogP contribution in [0.1, 0.15) is 29.8 Å². The Morgan fingerprint density at radius 2 is 1.81 bits per heavy atom. The minimum absolute atomic E-state index is 0.152. The van der Waals surface area contributed by atoms with Gasteiger partial charge in [-0.2, -0.15) is 5.10 Å². The van der Waals surface area contributed by atoms with Crippen LogP contribution in [0.25, 0.3) is 10.8 Å². The number of phenolic OH excluding ortho intramolecular Hbond substituents is 1. The van der Waals surface area contributed by atoms with E-state index in [9.17, 15) is 9.90 Å². The topological polar surface area (TPSA) is 70.9 Å². The summed E-state index contributed by atoms with van der Waals surface area (Å²) in [6.07, 6.45) is 0. The first kappa shape index (κ1) is 17.5. The molecule has 0 heterocycles. The first-order valence-electron chi connectivity index (χ1n) is 8.38. The zero-order valence-corrected chi connectivity index (χ0v) is 14.7. The predicted octanol–water partition coefficient (Wildman–Crippen LogP) is 4.10. The highest BCUT2D eigenvalue weighted by Gasteiger charge is 2.10. The average molecular weight is 348 g/mol. The number of nitrogens with zero attached hydrogens (tertiary/aromatic N) is 1. The van der Waals surface area contributed by atoms with Crippen LogP contribution in [0.5, 0.6) is 11.5 Å². The normalized spacial score (nSPS) is 11.4. The number of carbonyl (C=O) groups excluding carboxylic acids is 1. The molecule has 0 radical (unpaired) electrons. The van der Waals surface area contributed by atoms with E-state index in [-0.39, 0.29) is 11.7 Å². The Morgan fingerprint density at radius 3 is 2.54 bits per heavy atom. The van der Waals surface area contributed by atoms with Crippen molar-refractivity contribution in [3.63, 3.8) is 0 Å². The largest absolute Gasteiger partial charge is 0.507 e. The van der Waals surface area contributed by atoms with Crippen LogP contribution < -0.4 is 10.2 Å². The molecule has 5 nitrogen and oxygen atoms in total. The molecule has 3 aromatic carbocycles. The van der Waals surface area contributed by atoms with E-state index in [1.807, 2.05) is 37.3 Å². The molecule has 0 aromatic heterocycles. The third-order valence-electron chi connectivity index (χ3n) is 4.04. The van der Waals surface area contributed by atoms with Gasteiger partial charge < -0.3 is 9.84 Å². The van der Waals surface area contributed by atoms with E-state index in [4.69, 9.17) is 4.74 Å². The Bertz CT molecular complexity index is 963. The molecule has 0 aliphatic rings. The minimum Gasteiger partial charge on any atom is -0.507 e. The minimum atomic E-state index is -0.326. The molecule has 26 heavy (non-hydrogen) atoms. The summed E-state index contributed by atoms with van der Waals surface area (Å²) in [6.45, 7) is 4.22. The molecule has 3 rings (SSSR count). The number of hydrogen-bond donors (Lipinski definition) is 2. The van der Waals surface area contributed by atoms with Crippen molar-refractivity contribution < 1.29 is 14.6 Å². The van der Waals surface area contributed by atoms with Gasteiger partial charge in [0.2, 0.25) is 0 Å². The van der Waals surface area contributed by atoms with Crippen LogP contribution >= 0.6 is 0 Å². The van der Waals surface area contributed by atoms with Crippen molar-refractivity contribution in [2.45, 2.75) is 13.8 Å². The van der Waals surface area contributed by atoms with Crippen molar-refractivity contribution >= 4 is 22.4 Å². The van der Waals surface area contributed by atoms with Crippen molar-refractivity contribution in [2.24, 2.45) is 5.10 Å². The smallest absolute Gasteiger partial charge is 0.271 e. The Morgan fingerprint density at radius 1 is 1.08 bits per heavy atom. The molecule has 132 valence electrons. The molecule has 0 unspecified atom stereocenters. The first-order valence-corrected chi connectivity index (χ1v) is 8.38. The molecule has 5 heteroatoms. The second-order valence-corrected chi connectivity index (χ2v) is 5.78. The molecule has 0 aliphatic heterocycles. The van der Waals surface area contributed by atoms with E-state index < -0.39 is 0 Å². The Hall–Kier alpha value is -3.34. The number of amides is 1. The third kappa shape index (κ3) is 3.67. The van der Waals surface area contributed by atoms with Crippen LogP contribution in [0.4, 0.5) is 0 Å². The maximum atomic E-state index is 12.2. The lowest BCUT2D eigenvalue weighted by molar-refractivity contribution is 0.0955. The zero-order valence-electron chi connectivity index (χ0n) is 14.7. The molecule has 0 saturated heterocycles. The number of hydrogen-bond acceptors (Lipinski definition) is 4. The van der Waals surface area contributed by atoms with Crippen LogP contribution in [0.3, 0.4) is 0 Å². The summed E-state index contributed by atoms with van der Waals surface area (Å²) in [5, 5.41) is 16.3. The van der Waals surface area contributed by atoms with Crippen molar-refractivity contribution in [3.05, 3.63) is 71.8 Å². The predicted molar refractivity (Wildman–Crippen MR) is 103 cm³/mol. The van der Waals surface area contributed by atoms with E-state index in [0.29, 0.717) is 29.2 Å². The Kier molecular flexibility index (Phi) is 5.17. The van der Waals surface area contributed by atoms with E-state index in [1.54, 1.807) is 37.3 Å². The lowest BCUT2D eigenvalue weighted by Gasteiger charge is -2.08. The fourth-order valence-corrected chi connectivity index (χ4v) is 2.68. The van der Waals surface area contributed by atoms with Gasteiger partial charge in [-0.1, -0.05) is 30.3 Å². The van der Waals surface area contributed by atoms with Gasteiger partial charge >= 0.3 is 0 Å². The van der Waals surface area contributed by atoms with E-state index in [1.165, 1.54) is 0 Å². The molecule has 0 bridgehead atoms. The molecular weight excluding hydrogens is 328 g/mol. The van der Waals surface area contributed by atoms with Crippen LogP contribution in [-0.4, -0.2) is 23.3 Å². The Labute approximate surface area is 151 Å². The number of fused-ring (bicyclic) bond motifs is 1. The fraction of sp³-hybridized carbons (Fsp3) is 0.143. The summed E-state index contributed by atoms with van der Waals surface area (Å²) >= 11 is 0. The number of phenols is 1. The molecule has 3 aromatic rings. The van der Waals surface area contributed by atoms with Gasteiger partial charge in [0.15, 0.2) is 0 Å². The van der Waals surface area contributed by atoms with Crippen LogP contribution in [0.2, 0.25) is 0 Å². The highest BCUT2D eigenvalue weighted by molar-refractivity contribution is 6.07. The summed E-state index contributed by atoms with van der Waals surface area (Å²) in [5.41, 5.74) is 4.10. The lowest BCUT2D eigenvalue weighted by atomic mass is 10.0. The maximum Gasteiger partial charge on any atom is 0.271 e. The summed E-state index contributed by atoms with van der Waals surface area (Å²) < 4.78 is 5.36. The number of ether oxygens (including phenoxy) is 1. The molecule has 2 N–H and O–H groups in total. The first-order chi connectivity index (χ1) is 12.6. The van der Waals surface area contributed by atoms with Gasteiger partial charge in [-0.05, 0) is 49.6 Å². The molecule has 0 fully saturated rings. The standard InChI is InChI=1S/C21H20N2O3/c1-3-26-17-11-8-16(9-12-17)21(25)23-22-14(2)18-13-10-15-6-4-5-7-19(15)20(18)24/h4-13,24H,3H2,1-2H3,(H,23,25)/b22-14+. The summed E-state index contributed by atoms with van der Waals surface area (Å²) in [6, 6.07) is 18.1. The highest BCUT2D eigenvalue weighted by Crippen LogP contribution is 2.28. The van der Waals surface area contributed by atoms with Crippen molar-refractivity contribution in [2.75, 3.05) is 6.61 Å². The van der Waals surface area contributed by atoms with Gasteiger partial charge in [-0.25, -0.2) is 5.43 Å². The summed E-state index contributed by atoms with van der Waals surface area (Å²) in [7, 11) is 0. The number of benzene rings is 3. The van der Waals surface area contributed by atoms with Gasteiger partial charge in [0.25, 0.3) is 5.91 Å². The van der Waals surface area contributed by atoms with E-state index in [0.717, 1.165) is 10.8 Å². The van der Waals surface area contributed by atoms with Crippen LogP contribution in [0, 0.1) is 0 Å². The molecule has 0 spiro atoms. The molecule has 1 amide bonds. The quantitative estimate of drug-likeness (QED) is 0.539. The van der Waals surface area contributed by atoms with Crippen molar-refractivity contribution in [1.29, 1.82) is 0 Å². The zero-order chi connectivity index (χ0) is 18.5. The lowest BCUT2D eigenvalue weighted by Crippen LogP contribution is -2.19. The molecule has 0 saturated carbocycles. The average Bonchev–Trinajstić information content (AvgIpc) is 2.67. The second kappa shape index (κ2) is 7.70. The Balaban J connectivity index is 1.77. The SMILES string of the molecule is CCOc1ccc(C(=O)N/N=C(\C)c2ccc3ccccc3c2O)cc1. The summed E-state index contributed by atoms with van der Waals surface area (Å²) in [5.74, 6) is 0.539. The monoisotopic (exact) mass is 348 g/mol. The molecule has 0 atom stereocenters. The van der Waals surface area contributed by atoms with Gasteiger partial charge in [-0.3, -0.25) is 4.79 Å². The van der Waals surface area contributed by atoms with E-state index >= 15 is 0 Å². The highest BCUT2D eigenvalue weighted by atomic mass is 16.5. The number of nitrogens with one attached hydrogen (secondary N) is 1. The van der Waals surface area contributed by atoms with E-state index in [2.05, 4.69) is 10.5 Å². The van der Waals surface area contributed by atoms with Gasteiger partial charge in [0.1, 0.15) is 11.5 Å². The number of carbonyl (C=O) groups is 1. The summed E-state index contributed by atoms with van der Waals surface area (Å²) in [4.78, 5) is 12.2. The van der Waals surface area contributed by atoms with Crippen molar-refractivity contribution in [3.8, 4) is 11.5 Å². The fourth-order valence-electron chi connectivity index (χ4n) is 2.68. The van der Waals surface area contributed by atoms with Crippen LogP contribution in [0.15, 0.2) is 65.8 Å². The maximum absolute atomic E-state index is 12.2. The van der Waals surface area contributed by atoms with Crippen LogP contribution in [-0.2, 0) is 0 Å². The molecule has 0 aliphatic carbocycles. The van der Waals surface area contributed by atoms with Gasteiger partial charge in [-0.15, -0.1) is 0 Å². The number of hydrazone groups is 1. The third-order valence-corrected chi connectivity index (χ3v) is 4.04. The van der Waals surface area contributed by atoms with Crippen molar-refractivity contribution in [1.82, 2.24) is 5.43 Å².